The second kappa shape index (κ2) is 6.59. The van der Waals surface area contributed by atoms with E-state index in [1.165, 1.54) is 0 Å². The van der Waals surface area contributed by atoms with Gasteiger partial charge in [0.25, 0.3) is 0 Å². The number of para-hydroxylation sites is 1. The van der Waals surface area contributed by atoms with Crippen LogP contribution in [0.15, 0.2) is 40.9 Å². The maximum absolute atomic E-state index is 10.5. The van der Waals surface area contributed by atoms with E-state index in [1.807, 2.05) is 18.2 Å². The van der Waals surface area contributed by atoms with Gasteiger partial charge in [-0.15, -0.1) is 0 Å². The maximum atomic E-state index is 10.5. The molecule has 0 amide bonds. The van der Waals surface area contributed by atoms with Gasteiger partial charge in [-0.2, -0.15) is 0 Å². The fraction of sp³-hybridized carbons (Fsp3) is 0.200. The minimum Gasteiger partial charge on any atom is -0.398 e. The molecule has 3 nitrogen and oxygen atoms in total. The molecule has 1 atom stereocenters. The van der Waals surface area contributed by atoms with Gasteiger partial charge in [0.05, 0.1) is 0 Å². The molecule has 0 aliphatic heterocycles. The summed E-state index contributed by atoms with van der Waals surface area (Å²) in [5.74, 6) is 0. The Morgan fingerprint density at radius 3 is 2.60 bits per heavy atom. The molecular formula is C15H15BrClNO2. The molecule has 0 saturated heterocycles. The lowest BCUT2D eigenvalue weighted by atomic mass is 9.96. The van der Waals surface area contributed by atoms with Crippen LogP contribution in [0.2, 0.25) is 5.02 Å². The zero-order valence-electron chi connectivity index (χ0n) is 10.7. The van der Waals surface area contributed by atoms with Crippen LogP contribution in [-0.2, 0) is 6.42 Å². The molecule has 5 heteroatoms. The molecule has 0 aromatic heterocycles. The number of aliphatic hydroxyl groups is 2. The standard InChI is InChI=1S/C15H15BrClNO2/c16-10-4-5-11(13(17)8-10)15(20)12-3-1-2-9(6-7-19)14(12)18/h1-5,8,15,19-20H,6-7,18H2. The van der Waals surface area contributed by atoms with Crippen LogP contribution in [0.4, 0.5) is 5.69 Å². The van der Waals surface area contributed by atoms with Crippen molar-refractivity contribution in [3.8, 4) is 0 Å². The van der Waals surface area contributed by atoms with Crippen molar-refractivity contribution >= 4 is 33.2 Å². The molecule has 0 radical (unpaired) electrons. The third kappa shape index (κ3) is 3.15. The topological polar surface area (TPSA) is 66.5 Å². The monoisotopic (exact) mass is 355 g/mol. The summed E-state index contributed by atoms with van der Waals surface area (Å²) in [5.41, 5.74) is 8.57. The lowest BCUT2D eigenvalue weighted by Gasteiger charge is -2.17. The minimum atomic E-state index is -0.894. The van der Waals surface area contributed by atoms with Crippen molar-refractivity contribution in [2.24, 2.45) is 0 Å². The average Bonchev–Trinajstić information content (AvgIpc) is 2.41. The SMILES string of the molecule is Nc1c(CCO)cccc1C(O)c1ccc(Br)cc1Cl. The summed E-state index contributed by atoms with van der Waals surface area (Å²) < 4.78 is 0.848. The zero-order chi connectivity index (χ0) is 14.7. The van der Waals surface area contributed by atoms with Crippen LogP contribution < -0.4 is 5.73 Å². The Kier molecular flexibility index (Phi) is 5.05. The summed E-state index contributed by atoms with van der Waals surface area (Å²) >= 11 is 9.49. The first-order chi connectivity index (χ1) is 9.54. The summed E-state index contributed by atoms with van der Waals surface area (Å²) in [6.07, 6.45) is -0.435. The second-order valence-electron chi connectivity index (χ2n) is 4.46. The molecule has 0 aliphatic rings. The van der Waals surface area contributed by atoms with Crippen molar-refractivity contribution in [3.05, 3.63) is 62.6 Å². The molecule has 0 fully saturated rings. The van der Waals surface area contributed by atoms with E-state index in [0.717, 1.165) is 10.0 Å². The van der Waals surface area contributed by atoms with Gasteiger partial charge in [0.2, 0.25) is 0 Å². The zero-order valence-corrected chi connectivity index (χ0v) is 13.0. The smallest absolute Gasteiger partial charge is 0.107 e. The Bertz CT molecular complexity index is 619. The van der Waals surface area contributed by atoms with Gasteiger partial charge in [-0.25, -0.2) is 0 Å². The third-order valence-electron chi connectivity index (χ3n) is 3.16. The molecule has 2 aromatic carbocycles. The number of hydrogen-bond acceptors (Lipinski definition) is 3. The molecule has 106 valence electrons. The summed E-state index contributed by atoms with van der Waals surface area (Å²) in [4.78, 5) is 0. The van der Waals surface area contributed by atoms with Gasteiger partial charge in [0.1, 0.15) is 6.10 Å². The quantitative estimate of drug-likeness (QED) is 0.736. The second-order valence-corrected chi connectivity index (χ2v) is 5.78. The Hall–Kier alpha value is -1.07. The molecule has 2 rings (SSSR count). The van der Waals surface area contributed by atoms with E-state index in [-0.39, 0.29) is 6.61 Å². The van der Waals surface area contributed by atoms with Crippen LogP contribution in [0.25, 0.3) is 0 Å². The van der Waals surface area contributed by atoms with Gasteiger partial charge in [-0.05, 0) is 24.1 Å². The fourth-order valence-electron chi connectivity index (χ4n) is 2.10. The van der Waals surface area contributed by atoms with Crippen LogP contribution in [0.1, 0.15) is 22.8 Å². The van der Waals surface area contributed by atoms with E-state index in [1.54, 1.807) is 18.2 Å². The predicted octanol–water partition coefficient (Wildman–Crippen LogP) is 3.30. The van der Waals surface area contributed by atoms with Crippen molar-refractivity contribution in [2.45, 2.75) is 12.5 Å². The van der Waals surface area contributed by atoms with Crippen LogP contribution >= 0.6 is 27.5 Å². The van der Waals surface area contributed by atoms with E-state index in [0.29, 0.717) is 28.3 Å². The lowest BCUT2D eigenvalue weighted by Crippen LogP contribution is -2.07. The highest BCUT2D eigenvalue weighted by Gasteiger charge is 2.18. The van der Waals surface area contributed by atoms with Gasteiger partial charge in [0, 0.05) is 32.9 Å². The van der Waals surface area contributed by atoms with Gasteiger partial charge in [0.15, 0.2) is 0 Å². The summed E-state index contributed by atoms with van der Waals surface area (Å²) in [6, 6.07) is 10.7. The van der Waals surface area contributed by atoms with Crippen LogP contribution in [0.5, 0.6) is 0 Å². The first-order valence-corrected chi connectivity index (χ1v) is 7.32. The van der Waals surface area contributed by atoms with Crippen molar-refractivity contribution in [1.29, 1.82) is 0 Å². The highest BCUT2D eigenvalue weighted by molar-refractivity contribution is 9.10. The molecule has 0 heterocycles. The first kappa shape index (κ1) is 15.3. The molecule has 20 heavy (non-hydrogen) atoms. The molecule has 2 aromatic rings. The molecule has 4 N–H and O–H groups in total. The van der Waals surface area contributed by atoms with E-state index >= 15 is 0 Å². The van der Waals surface area contributed by atoms with Crippen molar-refractivity contribution in [1.82, 2.24) is 0 Å². The number of halogens is 2. The molecule has 0 spiro atoms. The number of nitrogen functional groups attached to an aromatic ring is 1. The number of benzene rings is 2. The summed E-state index contributed by atoms with van der Waals surface area (Å²) in [6.45, 7) is 0.0167. The van der Waals surface area contributed by atoms with Gasteiger partial charge < -0.3 is 15.9 Å². The lowest BCUT2D eigenvalue weighted by molar-refractivity contribution is 0.221. The van der Waals surface area contributed by atoms with Crippen molar-refractivity contribution in [2.75, 3.05) is 12.3 Å². The van der Waals surface area contributed by atoms with Gasteiger partial charge in [-0.3, -0.25) is 0 Å². The number of hydrogen-bond donors (Lipinski definition) is 3. The number of nitrogens with two attached hydrogens (primary N) is 1. The number of aliphatic hydroxyl groups excluding tert-OH is 2. The van der Waals surface area contributed by atoms with Crippen LogP contribution in [0.3, 0.4) is 0 Å². The molecule has 0 bridgehead atoms. The Morgan fingerprint density at radius 2 is 1.95 bits per heavy atom. The minimum absolute atomic E-state index is 0.0167. The van der Waals surface area contributed by atoms with E-state index in [2.05, 4.69) is 15.9 Å². The van der Waals surface area contributed by atoms with Gasteiger partial charge in [-0.1, -0.05) is 51.8 Å². The van der Waals surface area contributed by atoms with Crippen molar-refractivity contribution in [3.63, 3.8) is 0 Å². The molecule has 1 unspecified atom stereocenters. The summed E-state index contributed by atoms with van der Waals surface area (Å²) in [7, 11) is 0. The third-order valence-corrected chi connectivity index (χ3v) is 3.98. The van der Waals surface area contributed by atoms with Gasteiger partial charge >= 0.3 is 0 Å². The van der Waals surface area contributed by atoms with E-state index in [9.17, 15) is 5.11 Å². The summed E-state index contributed by atoms with van der Waals surface area (Å²) in [5, 5.41) is 20.0. The Labute approximate surface area is 131 Å². The molecule has 0 saturated carbocycles. The fourth-order valence-corrected chi connectivity index (χ4v) is 2.88. The van der Waals surface area contributed by atoms with Crippen molar-refractivity contribution < 1.29 is 10.2 Å². The first-order valence-electron chi connectivity index (χ1n) is 6.15. The normalized spacial score (nSPS) is 12.4. The number of anilines is 1. The Balaban J connectivity index is 2.42. The van der Waals surface area contributed by atoms with E-state index in [4.69, 9.17) is 22.4 Å². The number of rotatable bonds is 4. The highest BCUT2D eigenvalue weighted by Crippen LogP contribution is 2.34. The van der Waals surface area contributed by atoms with E-state index < -0.39 is 6.10 Å². The molecule has 0 aliphatic carbocycles. The van der Waals surface area contributed by atoms with Crippen LogP contribution in [0, 0.1) is 0 Å². The van der Waals surface area contributed by atoms with Crippen LogP contribution in [-0.4, -0.2) is 16.8 Å². The molecular weight excluding hydrogens is 342 g/mol. The maximum Gasteiger partial charge on any atom is 0.107 e. The largest absolute Gasteiger partial charge is 0.398 e. The highest BCUT2D eigenvalue weighted by atomic mass is 79.9. The average molecular weight is 357 g/mol. The Morgan fingerprint density at radius 1 is 1.20 bits per heavy atom. The predicted molar refractivity (Wildman–Crippen MR) is 84.9 cm³/mol.